The number of hydrogen-bond acceptors (Lipinski definition) is 4. The van der Waals surface area contributed by atoms with Crippen LogP contribution in [0.3, 0.4) is 0 Å². The first-order valence-electron chi connectivity index (χ1n) is 13.2. The summed E-state index contributed by atoms with van der Waals surface area (Å²) in [4.78, 5) is 25.2. The smallest absolute Gasteiger partial charge is 0.233 e. The summed E-state index contributed by atoms with van der Waals surface area (Å²) in [5, 5.41) is 0. The van der Waals surface area contributed by atoms with E-state index in [1.54, 1.807) is 48.5 Å². The van der Waals surface area contributed by atoms with E-state index in [-0.39, 0.29) is 0 Å². The van der Waals surface area contributed by atoms with Gasteiger partial charge >= 0.3 is 0 Å². The van der Waals surface area contributed by atoms with E-state index in [1.165, 1.54) is 64.2 Å². The van der Waals surface area contributed by atoms with Crippen molar-refractivity contribution in [2.75, 3.05) is 13.2 Å². The van der Waals surface area contributed by atoms with E-state index < -0.39 is 11.6 Å². The molecule has 2 rings (SSSR count). The van der Waals surface area contributed by atoms with Crippen molar-refractivity contribution >= 4 is 11.6 Å². The van der Waals surface area contributed by atoms with E-state index >= 15 is 0 Å². The summed E-state index contributed by atoms with van der Waals surface area (Å²) in [6.07, 6.45) is 14.6. The van der Waals surface area contributed by atoms with Crippen molar-refractivity contribution < 1.29 is 19.1 Å². The van der Waals surface area contributed by atoms with Gasteiger partial charge in [0.1, 0.15) is 11.5 Å². The number of benzene rings is 2. The molecule has 0 aliphatic carbocycles. The molecule has 0 saturated heterocycles. The van der Waals surface area contributed by atoms with E-state index in [1.807, 2.05) is 0 Å². The van der Waals surface area contributed by atoms with E-state index in [9.17, 15) is 9.59 Å². The predicted molar refractivity (Wildman–Crippen MR) is 139 cm³/mol. The Balaban J connectivity index is 1.73. The van der Waals surface area contributed by atoms with Gasteiger partial charge in [-0.1, -0.05) is 78.1 Å². The maximum absolute atomic E-state index is 12.6. The Morgan fingerprint density at radius 1 is 0.500 bits per heavy atom. The zero-order chi connectivity index (χ0) is 24.4. The minimum absolute atomic E-state index is 0.375. The predicted octanol–water partition coefficient (Wildman–Crippen LogP) is 8.23. The molecule has 0 saturated carbocycles. The van der Waals surface area contributed by atoms with Crippen molar-refractivity contribution in [1.29, 1.82) is 0 Å². The zero-order valence-electron chi connectivity index (χ0n) is 21.2. The molecule has 0 aliphatic rings. The summed E-state index contributed by atoms with van der Waals surface area (Å²) in [5.74, 6) is 0.431. The molecule has 0 amide bonds. The molecule has 4 nitrogen and oxygen atoms in total. The maximum Gasteiger partial charge on any atom is 0.233 e. The Kier molecular flexibility index (Phi) is 13.7. The molecule has 0 unspecified atom stereocenters. The van der Waals surface area contributed by atoms with Crippen LogP contribution in [-0.4, -0.2) is 24.8 Å². The minimum atomic E-state index is -0.511. The van der Waals surface area contributed by atoms with Gasteiger partial charge in [-0.05, 0) is 61.4 Å². The van der Waals surface area contributed by atoms with Crippen LogP contribution in [0.25, 0.3) is 0 Å². The average Bonchev–Trinajstić information content (AvgIpc) is 2.87. The van der Waals surface area contributed by atoms with Gasteiger partial charge in [0.05, 0.1) is 13.2 Å². The zero-order valence-corrected chi connectivity index (χ0v) is 21.2. The number of carbonyl (C=O) groups excluding carboxylic acids is 2. The highest BCUT2D eigenvalue weighted by Crippen LogP contribution is 2.18. The van der Waals surface area contributed by atoms with Crippen LogP contribution in [0, 0.1) is 0 Å². The molecule has 0 fully saturated rings. The molecule has 0 N–H and O–H groups in total. The highest BCUT2D eigenvalue weighted by molar-refractivity contribution is 6.49. The van der Waals surface area contributed by atoms with E-state index in [2.05, 4.69) is 13.8 Å². The molecule has 0 radical (unpaired) electrons. The molecular formula is C30H42O4. The van der Waals surface area contributed by atoms with Crippen LogP contribution in [0.2, 0.25) is 0 Å². The number of ether oxygens (including phenoxy) is 2. The van der Waals surface area contributed by atoms with Crippen LogP contribution in [0.4, 0.5) is 0 Å². The second kappa shape index (κ2) is 16.9. The van der Waals surface area contributed by atoms with Crippen LogP contribution < -0.4 is 9.47 Å². The van der Waals surface area contributed by atoms with Crippen molar-refractivity contribution in [2.24, 2.45) is 0 Å². The summed E-state index contributed by atoms with van der Waals surface area (Å²) in [6.45, 7) is 5.78. The van der Waals surface area contributed by atoms with Gasteiger partial charge < -0.3 is 9.47 Å². The second-order valence-corrected chi connectivity index (χ2v) is 8.94. The standard InChI is InChI=1S/C30H42O4/c1-3-5-7-9-11-13-23-33-27-19-15-25(16-20-27)29(31)30(32)26-17-21-28(22-18-26)34-24-14-12-10-8-6-4-2/h15-22H,3-14,23-24H2,1-2H3. The average molecular weight is 467 g/mol. The minimum Gasteiger partial charge on any atom is -0.494 e. The second-order valence-electron chi connectivity index (χ2n) is 8.94. The van der Waals surface area contributed by atoms with Crippen molar-refractivity contribution in [2.45, 2.75) is 90.9 Å². The van der Waals surface area contributed by atoms with Crippen LogP contribution in [0.1, 0.15) is 112 Å². The normalized spacial score (nSPS) is 10.8. The molecule has 0 spiro atoms. The van der Waals surface area contributed by atoms with Crippen LogP contribution in [-0.2, 0) is 0 Å². The number of hydrogen-bond donors (Lipinski definition) is 0. The van der Waals surface area contributed by atoms with E-state index in [0.717, 1.165) is 24.3 Å². The quantitative estimate of drug-likeness (QED) is 0.119. The fourth-order valence-corrected chi connectivity index (χ4v) is 3.81. The molecule has 2 aromatic carbocycles. The largest absolute Gasteiger partial charge is 0.494 e. The molecule has 0 bridgehead atoms. The molecule has 2 aromatic rings. The Bertz CT molecular complexity index is 752. The Labute approximate surface area is 206 Å². The number of Topliss-reactive ketones (excluding diaryl/α,β-unsaturated/α-hetero) is 2. The van der Waals surface area contributed by atoms with Crippen molar-refractivity contribution in [3.63, 3.8) is 0 Å². The van der Waals surface area contributed by atoms with Gasteiger partial charge in [-0.3, -0.25) is 9.59 Å². The topological polar surface area (TPSA) is 52.6 Å². The van der Waals surface area contributed by atoms with Crippen LogP contribution in [0.5, 0.6) is 11.5 Å². The van der Waals surface area contributed by atoms with E-state index in [0.29, 0.717) is 24.3 Å². The number of rotatable bonds is 19. The highest BCUT2D eigenvalue weighted by atomic mass is 16.5. The van der Waals surface area contributed by atoms with Crippen molar-refractivity contribution in [1.82, 2.24) is 0 Å². The maximum atomic E-state index is 12.6. The van der Waals surface area contributed by atoms with Gasteiger partial charge in [-0.15, -0.1) is 0 Å². The van der Waals surface area contributed by atoms with Gasteiger partial charge in [0.2, 0.25) is 11.6 Å². The lowest BCUT2D eigenvalue weighted by molar-refractivity contribution is 0.0817. The Hall–Kier alpha value is -2.62. The summed E-state index contributed by atoms with van der Waals surface area (Å²) in [5.41, 5.74) is 0.751. The molecular weight excluding hydrogens is 424 g/mol. The van der Waals surface area contributed by atoms with E-state index in [4.69, 9.17) is 9.47 Å². The fraction of sp³-hybridized carbons (Fsp3) is 0.533. The third-order valence-corrected chi connectivity index (χ3v) is 5.97. The molecule has 4 heteroatoms. The van der Waals surface area contributed by atoms with Crippen LogP contribution >= 0.6 is 0 Å². The molecule has 34 heavy (non-hydrogen) atoms. The lowest BCUT2D eigenvalue weighted by Crippen LogP contribution is -2.14. The highest BCUT2D eigenvalue weighted by Gasteiger charge is 2.18. The first-order chi connectivity index (χ1) is 16.7. The van der Waals surface area contributed by atoms with Gasteiger partial charge in [0.25, 0.3) is 0 Å². The van der Waals surface area contributed by atoms with Gasteiger partial charge in [-0.25, -0.2) is 0 Å². The third-order valence-electron chi connectivity index (χ3n) is 5.97. The lowest BCUT2D eigenvalue weighted by Gasteiger charge is -2.08. The molecule has 186 valence electrons. The summed E-state index contributed by atoms with van der Waals surface area (Å²) in [6, 6.07) is 13.7. The Morgan fingerprint density at radius 2 is 0.824 bits per heavy atom. The first-order valence-corrected chi connectivity index (χ1v) is 13.2. The molecule has 0 heterocycles. The number of ketones is 2. The number of carbonyl (C=O) groups is 2. The summed E-state index contributed by atoms with van der Waals surface area (Å²) in [7, 11) is 0. The molecule has 0 atom stereocenters. The van der Waals surface area contributed by atoms with Crippen LogP contribution in [0.15, 0.2) is 48.5 Å². The van der Waals surface area contributed by atoms with Gasteiger partial charge in [0.15, 0.2) is 0 Å². The molecule has 0 aliphatic heterocycles. The number of unbranched alkanes of at least 4 members (excludes halogenated alkanes) is 10. The lowest BCUT2D eigenvalue weighted by atomic mass is 10.0. The summed E-state index contributed by atoms with van der Waals surface area (Å²) >= 11 is 0. The third kappa shape index (κ3) is 10.5. The van der Waals surface area contributed by atoms with Gasteiger partial charge in [0, 0.05) is 11.1 Å². The Morgan fingerprint density at radius 3 is 1.18 bits per heavy atom. The van der Waals surface area contributed by atoms with Gasteiger partial charge in [-0.2, -0.15) is 0 Å². The summed E-state index contributed by atoms with van der Waals surface area (Å²) < 4.78 is 11.5. The van der Waals surface area contributed by atoms with Crippen molar-refractivity contribution in [3.8, 4) is 11.5 Å². The monoisotopic (exact) mass is 466 g/mol. The molecule has 0 aromatic heterocycles. The SMILES string of the molecule is CCCCCCCCOc1ccc(C(=O)C(=O)c2ccc(OCCCCCCCC)cc2)cc1. The first kappa shape index (κ1) is 27.6. The fourth-order valence-electron chi connectivity index (χ4n) is 3.81. The van der Waals surface area contributed by atoms with Crippen molar-refractivity contribution in [3.05, 3.63) is 59.7 Å².